The van der Waals surface area contributed by atoms with Crippen LogP contribution in [0.25, 0.3) is 10.4 Å². The number of nitrogens with zero attached hydrogens (tertiary/aromatic N) is 2. The number of hydrogen-bond donors (Lipinski definition) is 0. The largest absolute Gasteiger partial charge is 0.196 e. The second kappa shape index (κ2) is 8.37. The van der Waals surface area contributed by atoms with E-state index in [-0.39, 0.29) is 0 Å². The summed E-state index contributed by atoms with van der Waals surface area (Å²) in [5.41, 5.74) is 3.36. The molecule has 0 fully saturated rings. The van der Waals surface area contributed by atoms with Crippen molar-refractivity contribution in [1.29, 1.82) is 10.5 Å². The molecule has 2 nitrogen and oxygen atoms in total. The smallest absolute Gasteiger partial charge is 0.158 e. The topological polar surface area (TPSA) is 47.6 Å². The number of thiophene rings is 1. The van der Waals surface area contributed by atoms with Crippen molar-refractivity contribution in [3.8, 4) is 22.6 Å². The highest BCUT2D eigenvalue weighted by Crippen LogP contribution is 2.31. The molecule has 3 heteroatoms. The lowest BCUT2D eigenvalue weighted by Crippen LogP contribution is -1.92. The summed E-state index contributed by atoms with van der Waals surface area (Å²) in [7, 11) is 0. The number of benzene rings is 1. The number of hydrogen-bond acceptors (Lipinski definition) is 3. The summed E-state index contributed by atoms with van der Waals surface area (Å²) in [5.74, 6) is -0.675. The van der Waals surface area contributed by atoms with Gasteiger partial charge in [0, 0.05) is 4.88 Å². The molecule has 22 heavy (non-hydrogen) atoms. The first kappa shape index (κ1) is 16.3. The molecule has 0 radical (unpaired) electrons. The van der Waals surface area contributed by atoms with E-state index in [1.165, 1.54) is 41.7 Å². The molecule has 0 aliphatic heterocycles. The van der Waals surface area contributed by atoms with Crippen molar-refractivity contribution in [3.05, 3.63) is 46.8 Å². The zero-order valence-corrected chi connectivity index (χ0v) is 13.7. The molecule has 1 aromatic heterocycles. The van der Waals surface area contributed by atoms with Gasteiger partial charge in [-0.05, 0) is 41.0 Å². The fourth-order valence-electron chi connectivity index (χ4n) is 2.53. The summed E-state index contributed by atoms with van der Waals surface area (Å²) in [6.45, 7) is 2.23. The lowest BCUT2D eigenvalue weighted by Gasteiger charge is -2.06. The molecular formula is C19H20N2S. The molecule has 0 aliphatic carbocycles. The lowest BCUT2D eigenvalue weighted by molar-refractivity contribution is 0.668. The quantitative estimate of drug-likeness (QED) is 0.619. The fourth-order valence-corrected chi connectivity index (χ4v) is 3.50. The predicted octanol–water partition coefficient (Wildman–Crippen LogP) is 5.67. The van der Waals surface area contributed by atoms with Crippen molar-refractivity contribution >= 4 is 11.3 Å². The number of nitriles is 2. The van der Waals surface area contributed by atoms with E-state index in [1.807, 2.05) is 36.4 Å². The Morgan fingerprint density at radius 1 is 1.00 bits per heavy atom. The van der Waals surface area contributed by atoms with E-state index in [1.54, 1.807) is 11.3 Å². The first-order valence-corrected chi connectivity index (χ1v) is 8.64. The van der Waals surface area contributed by atoms with Gasteiger partial charge < -0.3 is 0 Å². The highest BCUT2D eigenvalue weighted by molar-refractivity contribution is 7.13. The zero-order valence-electron chi connectivity index (χ0n) is 12.9. The van der Waals surface area contributed by atoms with Crippen LogP contribution in [-0.2, 0) is 6.42 Å². The molecule has 0 saturated heterocycles. The van der Waals surface area contributed by atoms with Gasteiger partial charge >= 0.3 is 0 Å². The van der Waals surface area contributed by atoms with Gasteiger partial charge in [-0.1, -0.05) is 50.5 Å². The van der Waals surface area contributed by atoms with Crippen LogP contribution in [0.5, 0.6) is 0 Å². The minimum Gasteiger partial charge on any atom is -0.196 e. The molecule has 0 unspecified atom stereocenters. The Hall–Kier alpha value is -2.10. The van der Waals surface area contributed by atoms with Crippen LogP contribution in [-0.4, -0.2) is 0 Å². The molecule has 2 rings (SSSR count). The van der Waals surface area contributed by atoms with Crippen LogP contribution in [0.2, 0.25) is 0 Å². The minimum absolute atomic E-state index is 0.675. The summed E-state index contributed by atoms with van der Waals surface area (Å²) in [5, 5.41) is 20.0. The van der Waals surface area contributed by atoms with Gasteiger partial charge in [0.15, 0.2) is 5.92 Å². The van der Waals surface area contributed by atoms with Gasteiger partial charge in [0.2, 0.25) is 0 Å². The van der Waals surface area contributed by atoms with E-state index in [9.17, 15) is 0 Å². The summed E-state index contributed by atoms with van der Waals surface area (Å²) < 4.78 is 0. The van der Waals surface area contributed by atoms with Gasteiger partial charge in [-0.2, -0.15) is 10.5 Å². The van der Waals surface area contributed by atoms with Crippen molar-refractivity contribution in [2.75, 3.05) is 0 Å². The maximum atomic E-state index is 8.95. The molecule has 0 atom stereocenters. The monoisotopic (exact) mass is 308 g/mol. The number of rotatable bonds is 7. The van der Waals surface area contributed by atoms with Gasteiger partial charge in [-0.3, -0.25) is 0 Å². The van der Waals surface area contributed by atoms with E-state index in [0.29, 0.717) is 0 Å². The third-order valence-corrected chi connectivity index (χ3v) is 4.82. The van der Waals surface area contributed by atoms with E-state index in [0.717, 1.165) is 12.0 Å². The second-order valence-electron chi connectivity index (χ2n) is 5.40. The number of aryl methyl sites for hydroxylation is 1. The highest BCUT2D eigenvalue weighted by Gasteiger charge is 2.11. The SMILES string of the molecule is CCCCCCc1ccsc1-c1ccc(C(C#N)C#N)cc1. The van der Waals surface area contributed by atoms with Gasteiger partial charge in [-0.15, -0.1) is 11.3 Å². The molecule has 0 spiro atoms. The highest BCUT2D eigenvalue weighted by atomic mass is 32.1. The van der Waals surface area contributed by atoms with Crippen molar-refractivity contribution in [2.45, 2.75) is 44.9 Å². The molecule has 1 aromatic carbocycles. The third-order valence-electron chi connectivity index (χ3n) is 3.81. The average molecular weight is 308 g/mol. The van der Waals surface area contributed by atoms with Crippen LogP contribution >= 0.6 is 11.3 Å². The van der Waals surface area contributed by atoms with Crippen LogP contribution in [0, 0.1) is 22.7 Å². The Kier molecular flexibility index (Phi) is 6.19. The summed E-state index contributed by atoms with van der Waals surface area (Å²) >= 11 is 1.76. The van der Waals surface area contributed by atoms with Crippen LogP contribution in [0.4, 0.5) is 0 Å². The molecule has 112 valence electrons. The van der Waals surface area contributed by atoms with Gasteiger partial charge in [-0.25, -0.2) is 0 Å². The molecule has 2 aromatic rings. The summed E-state index contributed by atoms with van der Waals surface area (Å²) in [4.78, 5) is 1.31. The molecule has 0 saturated carbocycles. The standard InChI is InChI=1S/C19H20N2S/c1-2-3-4-5-6-16-11-12-22-19(16)17-9-7-15(8-10-17)18(13-20)14-21/h7-12,18H,2-6H2,1H3. The Morgan fingerprint density at radius 2 is 1.73 bits per heavy atom. The third kappa shape index (κ3) is 3.97. The molecule has 0 aliphatic rings. The molecule has 1 heterocycles. The van der Waals surface area contributed by atoms with Crippen molar-refractivity contribution < 1.29 is 0 Å². The Morgan fingerprint density at radius 3 is 2.36 bits per heavy atom. The van der Waals surface area contributed by atoms with E-state index in [4.69, 9.17) is 10.5 Å². The van der Waals surface area contributed by atoms with Gasteiger partial charge in [0.1, 0.15) is 0 Å². The first-order chi connectivity index (χ1) is 10.8. The van der Waals surface area contributed by atoms with E-state index in [2.05, 4.69) is 18.4 Å². The number of unbranched alkanes of at least 4 members (excludes halogenated alkanes) is 3. The van der Waals surface area contributed by atoms with Gasteiger partial charge in [0.05, 0.1) is 12.1 Å². The van der Waals surface area contributed by atoms with Crippen molar-refractivity contribution in [3.63, 3.8) is 0 Å². The Labute approximate surface area is 136 Å². The maximum absolute atomic E-state index is 8.95. The summed E-state index contributed by atoms with van der Waals surface area (Å²) in [6.07, 6.45) is 6.21. The van der Waals surface area contributed by atoms with Crippen LogP contribution in [0.15, 0.2) is 35.7 Å². The second-order valence-corrected chi connectivity index (χ2v) is 6.31. The van der Waals surface area contributed by atoms with Crippen LogP contribution < -0.4 is 0 Å². The van der Waals surface area contributed by atoms with Gasteiger partial charge in [0.25, 0.3) is 0 Å². The predicted molar refractivity (Wildman–Crippen MR) is 91.6 cm³/mol. The normalized spacial score (nSPS) is 10.4. The summed E-state index contributed by atoms with van der Waals surface area (Å²) in [6, 6.07) is 14.1. The van der Waals surface area contributed by atoms with Crippen LogP contribution in [0.3, 0.4) is 0 Å². The molecule has 0 N–H and O–H groups in total. The molecular weight excluding hydrogens is 288 g/mol. The zero-order chi connectivity index (χ0) is 15.8. The maximum Gasteiger partial charge on any atom is 0.158 e. The Bertz CT molecular complexity index is 657. The molecule has 0 amide bonds. The lowest BCUT2D eigenvalue weighted by atomic mass is 9.98. The average Bonchev–Trinajstić information content (AvgIpc) is 3.02. The first-order valence-electron chi connectivity index (χ1n) is 7.76. The van der Waals surface area contributed by atoms with E-state index >= 15 is 0 Å². The van der Waals surface area contributed by atoms with Crippen LogP contribution in [0.1, 0.15) is 49.7 Å². The van der Waals surface area contributed by atoms with E-state index < -0.39 is 5.92 Å². The molecule has 0 bridgehead atoms. The Balaban J connectivity index is 2.11. The fraction of sp³-hybridized carbons (Fsp3) is 0.368. The van der Waals surface area contributed by atoms with Crippen molar-refractivity contribution in [1.82, 2.24) is 0 Å². The minimum atomic E-state index is -0.675. The van der Waals surface area contributed by atoms with Crippen molar-refractivity contribution in [2.24, 2.45) is 0 Å².